The van der Waals surface area contributed by atoms with Gasteiger partial charge in [-0.2, -0.15) is 0 Å². The summed E-state index contributed by atoms with van der Waals surface area (Å²) in [6.07, 6.45) is 0. The molecule has 0 bridgehead atoms. The first-order valence-electron chi connectivity index (χ1n) is 7.27. The quantitative estimate of drug-likeness (QED) is 0.942. The van der Waals surface area contributed by atoms with Crippen LogP contribution in [0.1, 0.15) is 32.6 Å². The van der Waals surface area contributed by atoms with Crippen LogP contribution < -0.4 is 5.32 Å². The third kappa shape index (κ3) is 3.32. The van der Waals surface area contributed by atoms with Gasteiger partial charge in [-0.25, -0.2) is 0 Å². The Kier molecular flexibility index (Phi) is 5.22. The molecule has 1 aliphatic rings. The van der Waals surface area contributed by atoms with Crippen molar-refractivity contribution in [2.75, 3.05) is 7.05 Å². The van der Waals surface area contributed by atoms with E-state index in [0.717, 1.165) is 18.7 Å². The minimum atomic E-state index is 0. The lowest BCUT2D eigenvalue weighted by molar-refractivity contribution is 0.0785. The number of benzene rings is 2. The molecule has 0 unspecified atom stereocenters. The number of carbonyl (C=O) groups excluding carboxylic acids is 1. The largest absolute Gasteiger partial charge is 0.337 e. The molecule has 1 amide bonds. The monoisotopic (exact) mass is 316 g/mol. The Labute approximate surface area is 137 Å². The first-order valence-corrected chi connectivity index (χ1v) is 7.27. The van der Waals surface area contributed by atoms with Crippen LogP contribution in [-0.4, -0.2) is 17.9 Å². The number of nitrogens with zero attached hydrogens (tertiary/aromatic N) is 1. The van der Waals surface area contributed by atoms with Gasteiger partial charge in [0.05, 0.1) is 0 Å². The Balaban J connectivity index is 0.00000176. The topological polar surface area (TPSA) is 32.3 Å². The number of aryl methyl sites for hydroxylation is 1. The first kappa shape index (κ1) is 16.5. The van der Waals surface area contributed by atoms with Crippen LogP contribution in [0.3, 0.4) is 0 Å². The molecule has 0 radical (unpaired) electrons. The van der Waals surface area contributed by atoms with Gasteiger partial charge in [-0.05, 0) is 41.3 Å². The Bertz CT molecular complexity index is 685. The molecule has 4 heteroatoms. The van der Waals surface area contributed by atoms with Gasteiger partial charge in [0.2, 0.25) is 0 Å². The summed E-state index contributed by atoms with van der Waals surface area (Å²) < 4.78 is 0. The summed E-state index contributed by atoms with van der Waals surface area (Å²) in [6.45, 7) is 4.48. The standard InChI is InChI=1S/C18H20N2O.ClH/c1-13-5-3-4-6-16(13)12-20(2)18(21)14-7-8-15-10-19-11-17(15)9-14;/h3-9,19H,10-12H2,1-2H3;1H. The number of fused-ring (bicyclic) bond motifs is 1. The fourth-order valence-electron chi connectivity index (χ4n) is 2.76. The fraction of sp³-hybridized carbons (Fsp3) is 0.278. The summed E-state index contributed by atoms with van der Waals surface area (Å²) in [4.78, 5) is 14.3. The maximum absolute atomic E-state index is 12.6. The maximum atomic E-state index is 12.6. The fourth-order valence-corrected chi connectivity index (χ4v) is 2.76. The van der Waals surface area contributed by atoms with Gasteiger partial charge < -0.3 is 10.2 Å². The summed E-state index contributed by atoms with van der Waals surface area (Å²) in [7, 11) is 1.86. The number of rotatable bonds is 3. The molecule has 3 nitrogen and oxygen atoms in total. The van der Waals surface area contributed by atoms with Crippen LogP contribution in [0.5, 0.6) is 0 Å². The maximum Gasteiger partial charge on any atom is 0.253 e. The van der Waals surface area contributed by atoms with Crippen molar-refractivity contribution < 1.29 is 4.79 Å². The highest BCUT2D eigenvalue weighted by atomic mass is 35.5. The second kappa shape index (κ2) is 6.95. The van der Waals surface area contributed by atoms with Gasteiger partial charge in [0.1, 0.15) is 0 Å². The van der Waals surface area contributed by atoms with Gasteiger partial charge in [0, 0.05) is 32.2 Å². The molecular formula is C18H21ClN2O. The SMILES string of the molecule is Cc1ccccc1CN(C)C(=O)c1ccc2c(c1)CNC2.Cl. The van der Waals surface area contributed by atoms with Gasteiger partial charge in [-0.3, -0.25) is 4.79 Å². The lowest BCUT2D eigenvalue weighted by atomic mass is 10.0. The van der Waals surface area contributed by atoms with Gasteiger partial charge in [-0.15, -0.1) is 12.4 Å². The average Bonchev–Trinajstić information content (AvgIpc) is 2.96. The number of amides is 1. The van der Waals surface area contributed by atoms with E-state index in [1.165, 1.54) is 22.3 Å². The van der Waals surface area contributed by atoms with Crippen LogP contribution in [0.25, 0.3) is 0 Å². The Morgan fingerprint density at radius 2 is 1.86 bits per heavy atom. The summed E-state index contributed by atoms with van der Waals surface area (Å²) in [5.74, 6) is 0.0768. The predicted octanol–water partition coefficient (Wildman–Crippen LogP) is 3.29. The highest BCUT2D eigenvalue weighted by Crippen LogP contribution is 2.19. The zero-order valence-corrected chi connectivity index (χ0v) is 13.7. The highest BCUT2D eigenvalue weighted by molar-refractivity contribution is 5.94. The zero-order valence-electron chi connectivity index (χ0n) is 12.9. The molecule has 116 valence electrons. The summed E-state index contributed by atoms with van der Waals surface area (Å²) in [6, 6.07) is 14.2. The van der Waals surface area contributed by atoms with Crippen molar-refractivity contribution in [2.45, 2.75) is 26.6 Å². The number of nitrogens with one attached hydrogen (secondary N) is 1. The number of carbonyl (C=O) groups is 1. The molecule has 0 spiro atoms. The Hall–Kier alpha value is -1.84. The molecule has 0 aliphatic carbocycles. The van der Waals surface area contributed by atoms with E-state index in [-0.39, 0.29) is 18.3 Å². The summed E-state index contributed by atoms with van der Waals surface area (Å²) in [5, 5.41) is 3.31. The third-order valence-electron chi connectivity index (χ3n) is 4.10. The number of hydrogen-bond acceptors (Lipinski definition) is 2. The number of halogens is 1. The smallest absolute Gasteiger partial charge is 0.253 e. The zero-order chi connectivity index (χ0) is 14.8. The minimum absolute atomic E-state index is 0. The second-order valence-electron chi connectivity index (χ2n) is 5.67. The number of hydrogen-bond donors (Lipinski definition) is 1. The molecule has 1 heterocycles. The molecular weight excluding hydrogens is 296 g/mol. The van der Waals surface area contributed by atoms with E-state index in [1.54, 1.807) is 4.90 Å². The molecule has 1 N–H and O–H groups in total. The normalized spacial score (nSPS) is 12.5. The van der Waals surface area contributed by atoms with Crippen LogP contribution in [0.15, 0.2) is 42.5 Å². The molecule has 1 aliphatic heterocycles. The second-order valence-corrected chi connectivity index (χ2v) is 5.67. The van der Waals surface area contributed by atoms with E-state index in [0.29, 0.717) is 6.54 Å². The summed E-state index contributed by atoms with van der Waals surface area (Å²) in [5.41, 5.74) is 5.72. The van der Waals surface area contributed by atoms with Crippen LogP contribution in [-0.2, 0) is 19.6 Å². The van der Waals surface area contributed by atoms with Crippen molar-refractivity contribution in [3.63, 3.8) is 0 Å². The van der Waals surface area contributed by atoms with Crippen LogP contribution in [0.2, 0.25) is 0 Å². The van der Waals surface area contributed by atoms with E-state index >= 15 is 0 Å². The minimum Gasteiger partial charge on any atom is -0.337 e. The Morgan fingerprint density at radius 3 is 2.64 bits per heavy atom. The first-order chi connectivity index (χ1) is 10.1. The van der Waals surface area contributed by atoms with E-state index in [1.807, 2.05) is 31.3 Å². The van der Waals surface area contributed by atoms with Crippen molar-refractivity contribution in [1.29, 1.82) is 0 Å². The van der Waals surface area contributed by atoms with Crippen molar-refractivity contribution >= 4 is 18.3 Å². The van der Waals surface area contributed by atoms with Crippen molar-refractivity contribution in [1.82, 2.24) is 10.2 Å². The van der Waals surface area contributed by atoms with Crippen molar-refractivity contribution in [2.24, 2.45) is 0 Å². The van der Waals surface area contributed by atoms with Gasteiger partial charge >= 0.3 is 0 Å². The van der Waals surface area contributed by atoms with Gasteiger partial charge in [-0.1, -0.05) is 30.3 Å². The molecule has 0 fully saturated rings. The molecule has 0 saturated carbocycles. The Morgan fingerprint density at radius 1 is 1.14 bits per heavy atom. The molecule has 2 aromatic carbocycles. The van der Waals surface area contributed by atoms with Crippen molar-refractivity contribution in [3.8, 4) is 0 Å². The molecule has 3 rings (SSSR count). The average molecular weight is 317 g/mol. The molecule has 0 atom stereocenters. The van der Waals surface area contributed by atoms with E-state index in [4.69, 9.17) is 0 Å². The lowest BCUT2D eigenvalue weighted by Crippen LogP contribution is -2.26. The van der Waals surface area contributed by atoms with Crippen molar-refractivity contribution in [3.05, 3.63) is 70.3 Å². The van der Waals surface area contributed by atoms with Gasteiger partial charge in [0.25, 0.3) is 5.91 Å². The molecule has 0 saturated heterocycles. The van der Waals surface area contributed by atoms with E-state index in [9.17, 15) is 4.79 Å². The molecule has 22 heavy (non-hydrogen) atoms. The van der Waals surface area contributed by atoms with E-state index < -0.39 is 0 Å². The van der Waals surface area contributed by atoms with Crippen LogP contribution >= 0.6 is 12.4 Å². The molecule has 0 aromatic heterocycles. The highest BCUT2D eigenvalue weighted by Gasteiger charge is 2.16. The predicted molar refractivity (Wildman–Crippen MR) is 91.2 cm³/mol. The third-order valence-corrected chi connectivity index (χ3v) is 4.10. The summed E-state index contributed by atoms with van der Waals surface area (Å²) >= 11 is 0. The van der Waals surface area contributed by atoms with Gasteiger partial charge in [0.15, 0.2) is 0 Å². The van der Waals surface area contributed by atoms with Crippen LogP contribution in [0.4, 0.5) is 0 Å². The van der Waals surface area contributed by atoms with Crippen LogP contribution in [0, 0.1) is 6.92 Å². The lowest BCUT2D eigenvalue weighted by Gasteiger charge is -2.19. The molecule has 2 aromatic rings. The van der Waals surface area contributed by atoms with E-state index in [2.05, 4.69) is 30.4 Å².